The maximum atomic E-state index is 12.8. The number of para-hydroxylation sites is 1. The number of sulfonamides is 1. The van der Waals surface area contributed by atoms with Crippen molar-refractivity contribution in [2.24, 2.45) is 5.73 Å². The molecule has 0 fully saturated rings. The summed E-state index contributed by atoms with van der Waals surface area (Å²) in [7, 11) is -3.98. The van der Waals surface area contributed by atoms with Gasteiger partial charge in [0.1, 0.15) is 4.21 Å². The highest BCUT2D eigenvalue weighted by Gasteiger charge is 2.27. The molecule has 7 nitrogen and oxygen atoms in total. The van der Waals surface area contributed by atoms with Gasteiger partial charge in [-0.05, 0) is 18.2 Å². The lowest BCUT2D eigenvalue weighted by molar-refractivity contribution is -0.117. The molecule has 1 heterocycles. The Balaban J connectivity index is 2.43. The van der Waals surface area contributed by atoms with Gasteiger partial charge in [-0.3, -0.25) is 9.10 Å². The monoisotopic (exact) mass is 354 g/mol. The first-order valence-electron chi connectivity index (χ1n) is 6.50. The molecular weight excluding hydrogens is 340 g/mol. The molecule has 0 spiro atoms. The number of hydrogen-bond donors (Lipinski definition) is 2. The number of anilines is 1. The first-order valence-corrected chi connectivity index (χ1v) is 8.82. The molecule has 1 amide bonds. The van der Waals surface area contributed by atoms with Crippen LogP contribution in [0, 0.1) is 0 Å². The zero-order chi connectivity index (χ0) is 17.0. The molecule has 0 unspecified atom stereocenters. The van der Waals surface area contributed by atoms with Gasteiger partial charge in [-0.25, -0.2) is 13.2 Å². The minimum atomic E-state index is -3.98. The van der Waals surface area contributed by atoms with Gasteiger partial charge < -0.3 is 10.8 Å². The Bertz CT molecular complexity index is 815. The van der Waals surface area contributed by atoms with E-state index in [-0.39, 0.29) is 22.7 Å². The van der Waals surface area contributed by atoms with E-state index in [2.05, 4.69) is 0 Å². The summed E-state index contributed by atoms with van der Waals surface area (Å²) in [5, 5.41) is 10.2. The molecule has 122 valence electrons. The minimum Gasteiger partial charge on any atom is -0.478 e. The molecule has 0 bridgehead atoms. The number of carbonyl (C=O) groups is 2. The summed E-state index contributed by atoms with van der Waals surface area (Å²) >= 11 is 0.815. The lowest BCUT2D eigenvalue weighted by Crippen LogP contribution is -2.33. The molecule has 0 aliphatic carbocycles. The summed E-state index contributed by atoms with van der Waals surface area (Å²) in [6.45, 7) is -0.123. The standard InChI is InChI=1S/C14H14N2O5S2/c15-12(17)6-7-16(11-4-2-1-3-5-11)23(20,21)13-8-10(9-22-13)14(18)19/h1-5,8-9H,6-7H2,(H2,15,17)(H,18,19). The highest BCUT2D eigenvalue weighted by atomic mass is 32.2. The van der Waals surface area contributed by atoms with E-state index in [0.717, 1.165) is 21.7 Å². The van der Waals surface area contributed by atoms with Crippen molar-refractivity contribution in [2.45, 2.75) is 10.6 Å². The predicted molar refractivity (Wildman–Crippen MR) is 86.1 cm³/mol. The zero-order valence-electron chi connectivity index (χ0n) is 11.9. The normalized spacial score (nSPS) is 11.1. The number of amides is 1. The van der Waals surface area contributed by atoms with Gasteiger partial charge in [-0.15, -0.1) is 11.3 Å². The van der Waals surface area contributed by atoms with Crippen molar-refractivity contribution >= 4 is 38.9 Å². The number of rotatable bonds is 7. The van der Waals surface area contributed by atoms with Gasteiger partial charge in [0.2, 0.25) is 5.91 Å². The van der Waals surface area contributed by atoms with Gasteiger partial charge in [0.05, 0.1) is 11.3 Å². The second kappa shape index (κ2) is 6.80. The van der Waals surface area contributed by atoms with Crippen molar-refractivity contribution in [3.05, 3.63) is 47.3 Å². The first-order chi connectivity index (χ1) is 10.8. The van der Waals surface area contributed by atoms with Crippen LogP contribution in [0.25, 0.3) is 0 Å². The largest absolute Gasteiger partial charge is 0.478 e. The molecule has 1 aromatic carbocycles. The van der Waals surface area contributed by atoms with E-state index in [9.17, 15) is 18.0 Å². The van der Waals surface area contributed by atoms with Crippen molar-refractivity contribution in [1.82, 2.24) is 0 Å². The number of carboxylic acids is 1. The third-order valence-corrected chi connectivity index (χ3v) is 6.21. The Morgan fingerprint density at radius 2 is 1.87 bits per heavy atom. The number of nitrogens with two attached hydrogens (primary N) is 1. The van der Waals surface area contributed by atoms with Gasteiger partial charge >= 0.3 is 5.97 Å². The second-order valence-electron chi connectivity index (χ2n) is 4.59. The number of carboxylic acid groups (broad SMARTS) is 1. The van der Waals surface area contributed by atoms with E-state index in [1.165, 1.54) is 5.38 Å². The van der Waals surface area contributed by atoms with Crippen LogP contribution in [0.15, 0.2) is 46.0 Å². The topological polar surface area (TPSA) is 118 Å². The van der Waals surface area contributed by atoms with Crippen LogP contribution in [0.1, 0.15) is 16.8 Å². The van der Waals surface area contributed by atoms with Gasteiger partial charge in [-0.2, -0.15) is 0 Å². The van der Waals surface area contributed by atoms with Crippen LogP contribution >= 0.6 is 11.3 Å². The summed E-state index contributed by atoms with van der Waals surface area (Å²) < 4.78 is 26.5. The Hall–Kier alpha value is -2.39. The molecule has 9 heteroatoms. The first kappa shape index (κ1) is 17.0. The fourth-order valence-corrected chi connectivity index (χ4v) is 4.60. The molecular formula is C14H14N2O5S2. The molecule has 0 radical (unpaired) electrons. The number of benzene rings is 1. The van der Waals surface area contributed by atoms with Crippen molar-refractivity contribution in [3.8, 4) is 0 Å². The Labute approximate surface area is 137 Å². The molecule has 2 rings (SSSR count). The number of thiophene rings is 1. The minimum absolute atomic E-state index is 0.100. The smallest absolute Gasteiger partial charge is 0.336 e. The number of aromatic carboxylic acids is 1. The Morgan fingerprint density at radius 3 is 2.39 bits per heavy atom. The van der Waals surface area contributed by atoms with Crippen molar-refractivity contribution in [2.75, 3.05) is 10.8 Å². The van der Waals surface area contributed by atoms with E-state index in [4.69, 9.17) is 10.8 Å². The molecule has 0 aliphatic rings. The van der Waals surface area contributed by atoms with Crippen molar-refractivity contribution < 1.29 is 23.1 Å². The van der Waals surface area contributed by atoms with Crippen LogP contribution in [0.3, 0.4) is 0 Å². The third-order valence-electron chi connectivity index (χ3n) is 2.97. The average molecular weight is 354 g/mol. The fourth-order valence-electron chi connectivity index (χ4n) is 1.87. The summed E-state index contributed by atoms with van der Waals surface area (Å²) in [5.74, 6) is -1.83. The van der Waals surface area contributed by atoms with E-state index in [1.54, 1.807) is 30.3 Å². The van der Waals surface area contributed by atoms with Crippen molar-refractivity contribution in [3.63, 3.8) is 0 Å². The van der Waals surface area contributed by atoms with Crippen LogP contribution in [0.2, 0.25) is 0 Å². The lowest BCUT2D eigenvalue weighted by Gasteiger charge is -2.23. The van der Waals surface area contributed by atoms with E-state index < -0.39 is 21.9 Å². The van der Waals surface area contributed by atoms with Crippen LogP contribution < -0.4 is 10.0 Å². The lowest BCUT2D eigenvalue weighted by atomic mass is 10.3. The second-order valence-corrected chi connectivity index (χ2v) is 7.59. The highest BCUT2D eigenvalue weighted by molar-refractivity contribution is 7.94. The van der Waals surface area contributed by atoms with Crippen LogP contribution in [0.4, 0.5) is 5.69 Å². The van der Waals surface area contributed by atoms with Gasteiger partial charge in [0, 0.05) is 18.3 Å². The summed E-state index contributed by atoms with van der Waals surface area (Å²) in [6, 6.07) is 9.34. The van der Waals surface area contributed by atoms with Gasteiger partial charge in [0.15, 0.2) is 0 Å². The van der Waals surface area contributed by atoms with E-state index in [0.29, 0.717) is 5.69 Å². The van der Waals surface area contributed by atoms with Crippen LogP contribution in [0.5, 0.6) is 0 Å². The molecule has 2 aromatic rings. The van der Waals surface area contributed by atoms with Crippen LogP contribution in [-0.4, -0.2) is 31.9 Å². The Kier molecular flexibility index (Phi) is 5.02. The summed E-state index contributed by atoms with van der Waals surface area (Å²) in [6.07, 6.45) is -0.148. The molecule has 0 saturated carbocycles. The quantitative estimate of drug-likeness (QED) is 0.781. The average Bonchev–Trinajstić information content (AvgIpc) is 2.99. The number of primary amides is 1. The van der Waals surface area contributed by atoms with E-state index in [1.807, 2.05) is 0 Å². The number of nitrogens with zero attached hydrogens (tertiary/aromatic N) is 1. The zero-order valence-corrected chi connectivity index (χ0v) is 13.5. The van der Waals surface area contributed by atoms with Gasteiger partial charge in [-0.1, -0.05) is 18.2 Å². The Morgan fingerprint density at radius 1 is 1.22 bits per heavy atom. The number of carbonyl (C=O) groups excluding carboxylic acids is 1. The molecule has 0 saturated heterocycles. The molecule has 23 heavy (non-hydrogen) atoms. The number of hydrogen-bond acceptors (Lipinski definition) is 5. The van der Waals surface area contributed by atoms with E-state index >= 15 is 0 Å². The summed E-state index contributed by atoms with van der Waals surface area (Å²) in [5.41, 5.74) is 5.38. The van der Waals surface area contributed by atoms with Crippen molar-refractivity contribution in [1.29, 1.82) is 0 Å². The predicted octanol–water partition coefficient (Wildman–Crippen LogP) is 1.52. The molecule has 3 N–H and O–H groups in total. The highest BCUT2D eigenvalue weighted by Crippen LogP contribution is 2.28. The fraction of sp³-hybridized carbons (Fsp3) is 0.143. The van der Waals surface area contributed by atoms with Crippen LogP contribution in [-0.2, 0) is 14.8 Å². The molecule has 1 aromatic heterocycles. The molecule has 0 atom stereocenters. The molecule has 0 aliphatic heterocycles. The maximum absolute atomic E-state index is 12.8. The van der Waals surface area contributed by atoms with Gasteiger partial charge in [0.25, 0.3) is 10.0 Å². The summed E-state index contributed by atoms with van der Waals surface area (Å²) in [4.78, 5) is 22.0. The SMILES string of the molecule is NC(=O)CCN(c1ccccc1)S(=O)(=O)c1cc(C(=O)O)cs1. The maximum Gasteiger partial charge on any atom is 0.336 e. The third kappa shape index (κ3) is 3.88.